The predicted octanol–water partition coefficient (Wildman–Crippen LogP) is 4.49. The summed E-state index contributed by atoms with van der Waals surface area (Å²) in [7, 11) is 0. The fourth-order valence-corrected chi connectivity index (χ4v) is 3.65. The van der Waals surface area contributed by atoms with Crippen LogP contribution in [0.25, 0.3) is 11.0 Å². The van der Waals surface area contributed by atoms with Gasteiger partial charge in [-0.15, -0.1) is 0 Å². The minimum atomic E-state index is -0.203. The van der Waals surface area contributed by atoms with Crippen LogP contribution in [0.2, 0.25) is 0 Å². The number of benzene rings is 2. The standard InChI is InChI=1S/C22H24N4O/c1-15-9-8-10-16(2)19(15)25-22(27)20-21(26-13-6-3-7-14-26)24-18-12-5-4-11-17(18)23-20/h4-5,8-12H,3,6-7,13-14H2,1-2H3,(H,25,27). The van der Waals surface area contributed by atoms with Gasteiger partial charge in [-0.3, -0.25) is 4.79 Å². The number of aromatic nitrogens is 2. The molecule has 0 atom stereocenters. The maximum absolute atomic E-state index is 13.2. The largest absolute Gasteiger partial charge is 0.355 e. The fraction of sp³-hybridized carbons (Fsp3) is 0.318. The lowest BCUT2D eigenvalue weighted by Crippen LogP contribution is -2.33. The van der Waals surface area contributed by atoms with Crippen molar-refractivity contribution in [2.45, 2.75) is 33.1 Å². The Hall–Kier alpha value is -2.95. The van der Waals surface area contributed by atoms with Crippen LogP contribution in [-0.2, 0) is 0 Å². The molecule has 0 unspecified atom stereocenters. The molecule has 2 heterocycles. The zero-order valence-electron chi connectivity index (χ0n) is 15.8. The van der Waals surface area contributed by atoms with Gasteiger partial charge in [0.05, 0.1) is 11.0 Å². The quantitative estimate of drug-likeness (QED) is 0.748. The first-order chi connectivity index (χ1) is 13.1. The van der Waals surface area contributed by atoms with E-state index in [1.807, 2.05) is 56.3 Å². The van der Waals surface area contributed by atoms with Crippen LogP contribution >= 0.6 is 0 Å². The lowest BCUT2D eigenvalue weighted by molar-refractivity contribution is 0.102. The summed E-state index contributed by atoms with van der Waals surface area (Å²) in [5.41, 5.74) is 4.89. The molecule has 138 valence electrons. The van der Waals surface area contributed by atoms with Crippen LogP contribution in [0.4, 0.5) is 11.5 Å². The number of anilines is 2. The van der Waals surface area contributed by atoms with Gasteiger partial charge in [0.25, 0.3) is 5.91 Å². The molecule has 0 radical (unpaired) electrons. The zero-order valence-corrected chi connectivity index (χ0v) is 15.8. The lowest BCUT2D eigenvalue weighted by Gasteiger charge is -2.29. The van der Waals surface area contributed by atoms with E-state index in [-0.39, 0.29) is 5.91 Å². The molecule has 5 heteroatoms. The predicted molar refractivity (Wildman–Crippen MR) is 109 cm³/mol. The summed E-state index contributed by atoms with van der Waals surface area (Å²) in [4.78, 5) is 24.9. The Balaban J connectivity index is 1.77. The first kappa shape index (κ1) is 17.5. The normalized spacial score (nSPS) is 14.4. The van der Waals surface area contributed by atoms with Crippen LogP contribution in [0, 0.1) is 13.8 Å². The number of amides is 1. The molecule has 2 aromatic carbocycles. The van der Waals surface area contributed by atoms with Crippen molar-refractivity contribution >= 4 is 28.4 Å². The number of rotatable bonds is 3. The number of aryl methyl sites for hydroxylation is 2. The van der Waals surface area contributed by atoms with E-state index in [9.17, 15) is 4.79 Å². The summed E-state index contributed by atoms with van der Waals surface area (Å²) in [6, 6.07) is 13.7. The molecule has 1 aromatic heterocycles. The molecule has 0 saturated carbocycles. The first-order valence-electron chi connectivity index (χ1n) is 9.53. The molecule has 1 N–H and O–H groups in total. The third kappa shape index (κ3) is 3.50. The Morgan fingerprint density at radius 1 is 0.889 bits per heavy atom. The van der Waals surface area contributed by atoms with E-state index in [0.29, 0.717) is 11.5 Å². The average Bonchev–Trinajstić information content (AvgIpc) is 2.70. The number of fused-ring (bicyclic) bond motifs is 1. The van der Waals surface area contributed by atoms with Crippen molar-refractivity contribution in [3.63, 3.8) is 0 Å². The van der Waals surface area contributed by atoms with E-state index < -0.39 is 0 Å². The molecule has 1 amide bonds. The molecule has 1 aliphatic rings. The summed E-state index contributed by atoms with van der Waals surface area (Å²) in [6.45, 7) is 5.83. The number of nitrogens with zero attached hydrogens (tertiary/aromatic N) is 3. The van der Waals surface area contributed by atoms with E-state index in [2.05, 4.69) is 15.2 Å². The molecule has 0 aliphatic carbocycles. The molecule has 5 nitrogen and oxygen atoms in total. The smallest absolute Gasteiger partial charge is 0.278 e. The molecular formula is C22H24N4O. The van der Waals surface area contributed by atoms with Crippen molar-refractivity contribution in [2.75, 3.05) is 23.3 Å². The van der Waals surface area contributed by atoms with Gasteiger partial charge in [-0.05, 0) is 56.4 Å². The van der Waals surface area contributed by atoms with Crippen molar-refractivity contribution in [1.29, 1.82) is 0 Å². The Morgan fingerprint density at radius 2 is 1.52 bits per heavy atom. The molecule has 1 saturated heterocycles. The highest BCUT2D eigenvalue weighted by Crippen LogP contribution is 2.26. The van der Waals surface area contributed by atoms with Crippen molar-refractivity contribution in [3.05, 3.63) is 59.3 Å². The molecule has 27 heavy (non-hydrogen) atoms. The first-order valence-corrected chi connectivity index (χ1v) is 9.53. The Bertz CT molecular complexity index is 973. The highest BCUT2D eigenvalue weighted by Gasteiger charge is 2.23. The number of carbonyl (C=O) groups is 1. The Kier molecular flexibility index (Phi) is 4.75. The average molecular weight is 360 g/mol. The maximum atomic E-state index is 13.2. The van der Waals surface area contributed by atoms with E-state index in [4.69, 9.17) is 4.98 Å². The number of piperidine rings is 1. The van der Waals surface area contributed by atoms with Crippen LogP contribution in [0.1, 0.15) is 40.9 Å². The van der Waals surface area contributed by atoms with Gasteiger partial charge in [0.1, 0.15) is 0 Å². The number of hydrogen-bond donors (Lipinski definition) is 1. The number of carbonyl (C=O) groups excluding carboxylic acids is 1. The van der Waals surface area contributed by atoms with Crippen molar-refractivity contribution < 1.29 is 4.79 Å². The van der Waals surface area contributed by atoms with Gasteiger partial charge in [-0.1, -0.05) is 30.3 Å². The van der Waals surface area contributed by atoms with Crippen molar-refractivity contribution in [1.82, 2.24) is 9.97 Å². The van der Waals surface area contributed by atoms with Gasteiger partial charge in [-0.2, -0.15) is 0 Å². The summed E-state index contributed by atoms with van der Waals surface area (Å²) < 4.78 is 0. The third-order valence-corrected chi connectivity index (χ3v) is 5.14. The van der Waals surface area contributed by atoms with Gasteiger partial charge >= 0.3 is 0 Å². The van der Waals surface area contributed by atoms with Gasteiger partial charge in [0.2, 0.25) is 0 Å². The van der Waals surface area contributed by atoms with E-state index in [1.54, 1.807) is 0 Å². The molecule has 0 bridgehead atoms. The Labute approximate surface area is 159 Å². The number of hydrogen-bond acceptors (Lipinski definition) is 4. The van der Waals surface area contributed by atoms with Crippen molar-refractivity contribution in [3.8, 4) is 0 Å². The van der Waals surface area contributed by atoms with Gasteiger partial charge in [-0.25, -0.2) is 9.97 Å². The van der Waals surface area contributed by atoms with Gasteiger partial charge in [0.15, 0.2) is 11.5 Å². The SMILES string of the molecule is Cc1cccc(C)c1NC(=O)c1nc2ccccc2nc1N1CCCCC1. The fourth-order valence-electron chi connectivity index (χ4n) is 3.65. The summed E-state index contributed by atoms with van der Waals surface area (Å²) in [6.07, 6.45) is 3.46. The monoisotopic (exact) mass is 360 g/mol. The van der Waals surface area contributed by atoms with Crippen LogP contribution in [0.5, 0.6) is 0 Å². The highest BCUT2D eigenvalue weighted by molar-refractivity contribution is 6.07. The Morgan fingerprint density at radius 3 is 2.19 bits per heavy atom. The highest BCUT2D eigenvalue weighted by atomic mass is 16.1. The summed E-state index contributed by atoms with van der Waals surface area (Å²) in [5, 5.41) is 3.07. The second-order valence-corrected chi connectivity index (χ2v) is 7.15. The second-order valence-electron chi connectivity index (χ2n) is 7.15. The van der Waals surface area contributed by atoms with E-state index in [1.165, 1.54) is 6.42 Å². The van der Waals surface area contributed by atoms with Crippen LogP contribution in [0.15, 0.2) is 42.5 Å². The molecular weight excluding hydrogens is 336 g/mol. The minimum Gasteiger partial charge on any atom is -0.355 e. The second kappa shape index (κ2) is 7.35. The topological polar surface area (TPSA) is 58.1 Å². The molecule has 0 spiro atoms. The minimum absolute atomic E-state index is 0.203. The number of para-hydroxylation sites is 3. The maximum Gasteiger partial charge on any atom is 0.278 e. The number of nitrogens with one attached hydrogen (secondary N) is 1. The van der Waals surface area contributed by atoms with Crippen LogP contribution in [-0.4, -0.2) is 29.0 Å². The lowest BCUT2D eigenvalue weighted by atomic mass is 10.1. The summed E-state index contributed by atoms with van der Waals surface area (Å²) >= 11 is 0. The third-order valence-electron chi connectivity index (χ3n) is 5.14. The zero-order chi connectivity index (χ0) is 18.8. The van der Waals surface area contributed by atoms with Crippen LogP contribution < -0.4 is 10.2 Å². The van der Waals surface area contributed by atoms with Gasteiger partial charge < -0.3 is 10.2 Å². The molecule has 3 aromatic rings. The summed E-state index contributed by atoms with van der Waals surface area (Å²) in [5.74, 6) is 0.489. The van der Waals surface area contributed by atoms with E-state index in [0.717, 1.165) is 53.8 Å². The van der Waals surface area contributed by atoms with E-state index >= 15 is 0 Å². The molecule has 4 rings (SSSR count). The molecule has 1 aliphatic heterocycles. The van der Waals surface area contributed by atoms with Crippen LogP contribution in [0.3, 0.4) is 0 Å². The van der Waals surface area contributed by atoms with Crippen molar-refractivity contribution in [2.24, 2.45) is 0 Å². The molecule has 1 fully saturated rings. The van der Waals surface area contributed by atoms with Gasteiger partial charge in [0, 0.05) is 18.8 Å².